The second-order valence-corrected chi connectivity index (χ2v) is 9.74. The van der Waals surface area contributed by atoms with E-state index < -0.39 is 5.91 Å². The number of rotatable bonds is 3. The zero-order valence-electron chi connectivity index (χ0n) is 17.0. The molecule has 4 rings (SSSR count). The molecular formula is C21H20ClN5OS2. The number of carbonyl (C=O) groups is 1. The monoisotopic (exact) mass is 457 g/mol. The zero-order chi connectivity index (χ0) is 21.6. The van der Waals surface area contributed by atoms with Crippen LogP contribution in [0.2, 0.25) is 5.02 Å². The molecular weight excluding hydrogens is 438 g/mol. The molecule has 0 aliphatic carbocycles. The van der Waals surface area contributed by atoms with Crippen LogP contribution in [0, 0.1) is 26.2 Å². The summed E-state index contributed by atoms with van der Waals surface area (Å²) in [6.07, 6.45) is 1.73. The lowest BCUT2D eigenvalue weighted by Crippen LogP contribution is -2.35. The van der Waals surface area contributed by atoms with Crippen molar-refractivity contribution >= 4 is 62.5 Å². The summed E-state index contributed by atoms with van der Waals surface area (Å²) in [5.41, 5.74) is 5.04. The quantitative estimate of drug-likeness (QED) is 0.627. The molecule has 0 unspecified atom stereocenters. The molecule has 0 saturated heterocycles. The van der Waals surface area contributed by atoms with Gasteiger partial charge in [-0.25, -0.2) is 0 Å². The first kappa shape index (κ1) is 21.0. The van der Waals surface area contributed by atoms with Crippen molar-refractivity contribution in [1.82, 2.24) is 9.58 Å². The minimum atomic E-state index is -0.416. The molecule has 6 nitrogen and oxygen atoms in total. The number of fused-ring (bicyclic) bond motifs is 1. The first-order valence-electron chi connectivity index (χ1n) is 9.39. The molecule has 154 valence electrons. The minimum absolute atomic E-state index is 0.0490. The number of aryl methyl sites for hydroxylation is 1. The van der Waals surface area contributed by atoms with Gasteiger partial charge >= 0.3 is 0 Å². The predicted octanol–water partition coefficient (Wildman–Crippen LogP) is 5.39. The zero-order valence-corrected chi connectivity index (χ0v) is 19.4. The molecule has 30 heavy (non-hydrogen) atoms. The highest BCUT2D eigenvalue weighted by Crippen LogP contribution is 2.33. The van der Waals surface area contributed by atoms with Crippen LogP contribution in [0.25, 0.3) is 11.8 Å². The maximum Gasteiger partial charge on any atom is 0.283 e. The van der Waals surface area contributed by atoms with Gasteiger partial charge in [0.05, 0.1) is 5.57 Å². The summed E-state index contributed by atoms with van der Waals surface area (Å²) in [5, 5.41) is 15.6. The first-order valence-corrected chi connectivity index (χ1v) is 11.6. The summed E-state index contributed by atoms with van der Waals surface area (Å²) in [7, 11) is 0. The predicted molar refractivity (Wildman–Crippen MR) is 128 cm³/mol. The molecule has 1 N–H and O–H groups in total. The van der Waals surface area contributed by atoms with E-state index in [1.165, 1.54) is 16.8 Å². The van der Waals surface area contributed by atoms with Crippen LogP contribution in [-0.2, 0) is 4.79 Å². The Balaban J connectivity index is 1.75. The maximum absolute atomic E-state index is 12.7. The van der Waals surface area contributed by atoms with E-state index >= 15 is 0 Å². The topological polar surface area (TPSA) is 73.8 Å². The number of thioether (sulfide) groups is 2. The number of halogens is 1. The van der Waals surface area contributed by atoms with Gasteiger partial charge in [-0.1, -0.05) is 36.4 Å². The lowest BCUT2D eigenvalue weighted by atomic mass is 10.1. The number of carbonyl (C=O) groups excluding carboxylic acids is 1. The summed E-state index contributed by atoms with van der Waals surface area (Å²) >= 11 is 9.22. The van der Waals surface area contributed by atoms with E-state index in [4.69, 9.17) is 17.0 Å². The van der Waals surface area contributed by atoms with Gasteiger partial charge in [-0.3, -0.25) is 10.2 Å². The Kier molecular flexibility index (Phi) is 5.65. The fraction of sp³-hybridized carbons (Fsp3) is 0.238. The van der Waals surface area contributed by atoms with E-state index in [1.54, 1.807) is 17.8 Å². The largest absolute Gasteiger partial charge is 0.318 e. The van der Waals surface area contributed by atoms with Gasteiger partial charge in [-0.2, -0.15) is 10.0 Å². The van der Waals surface area contributed by atoms with Crippen molar-refractivity contribution in [2.75, 3.05) is 5.75 Å². The van der Waals surface area contributed by atoms with Crippen LogP contribution in [0.4, 0.5) is 0 Å². The number of amides is 1. The van der Waals surface area contributed by atoms with E-state index in [0.29, 0.717) is 10.2 Å². The van der Waals surface area contributed by atoms with Crippen molar-refractivity contribution < 1.29 is 4.79 Å². The highest BCUT2D eigenvalue weighted by Gasteiger charge is 2.35. The van der Waals surface area contributed by atoms with Crippen LogP contribution in [-0.4, -0.2) is 36.6 Å². The molecule has 0 atom stereocenters. The lowest BCUT2D eigenvalue weighted by molar-refractivity contribution is -0.114. The number of hydrogen-bond acceptors (Lipinski definition) is 5. The summed E-state index contributed by atoms with van der Waals surface area (Å²) in [6, 6.07) is 7.82. The Morgan fingerprint density at radius 2 is 2.07 bits per heavy atom. The molecule has 9 heteroatoms. The number of nitrogens with one attached hydrogen (secondary N) is 1. The number of hydrazone groups is 1. The van der Waals surface area contributed by atoms with E-state index in [9.17, 15) is 4.79 Å². The molecule has 0 fully saturated rings. The van der Waals surface area contributed by atoms with Gasteiger partial charge in [0.15, 0.2) is 10.2 Å². The van der Waals surface area contributed by atoms with Crippen LogP contribution >= 0.6 is 35.1 Å². The van der Waals surface area contributed by atoms with Crippen molar-refractivity contribution in [2.24, 2.45) is 10.1 Å². The van der Waals surface area contributed by atoms with Gasteiger partial charge in [0.25, 0.3) is 5.91 Å². The van der Waals surface area contributed by atoms with Gasteiger partial charge in [0.2, 0.25) is 5.17 Å². The van der Waals surface area contributed by atoms with Crippen molar-refractivity contribution in [3.8, 4) is 5.69 Å². The molecule has 0 spiro atoms. The van der Waals surface area contributed by atoms with Gasteiger partial charge < -0.3 is 4.57 Å². The third-order valence-electron chi connectivity index (χ3n) is 4.95. The van der Waals surface area contributed by atoms with Gasteiger partial charge in [-0.05, 0) is 73.7 Å². The average Bonchev–Trinajstić information content (AvgIpc) is 3.22. The van der Waals surface area contributed by atoms with E-state index in [0.717, 1.165) is 38.3 Å². The van der Waals surface area contributed by atoms with Crippen LogP contribution in [0.5, 0.6) is 0 Å². The second kappa shape index (κ2) is 8.09. The fourth-order valence-corrected chi connectivity index (χ4v) is 5.45. The summed E-state index contributed by atoms with van der Waals surface area (Å²) in [4.78, 5) is 16.8. The summed E-state index contributed by atoms with van der Waals surface area (Å²) < 4.78 is 2.91. The molecule has 0 saturated carbocycles. The van der Waals surface area contributed by atoms with Gasteiger partial charge in [0, 0.05) is 22.1 Å². The summed E-state index contributed by atoms with van der Waals surface area (Å²) in [6.45, 7) is 8.02. The molecule has 0 bridgehead atoms. The number of nitrogens with zero attached hydrogens (tertiary/aromatic N) is 4. The van der Waals surface area contributed by atoms with Crippen LogP contribution in [0.15, 0.2) is 39.9 Å². The molecule has 0 radical (unpaired) electrons. The van der Waals surface area contributed by atoms with Gasteiger partial charge in [-0.15, -0.1) is 5.10 Å². The highest BCUT2D eigenvalue weighted by atomic mass is 35.5. The Hall–Kier alpha value is -2.29. The lowest BCUT2D eigenvalue weighted by Gasteiger charge is -2.20. The molecule has 2 aliphatic heterocycles. The van der Waals surface area contributed by atoms with E-state index in [1.807, 2.05) is 52.0 Å². The van der Waals surface area contributed by atoms with Crippen molar-refractivity contribution in [3.63, 3.8) is 0 Å². The second-order valence-electron chi connectivity index (χ2n) is 6.86. The van der Waals surface area contributed by atoms with Crippen molar-refractivity contribution in [2.45, 2.75) is 27.7 Å². The molecule has 3 heterocycles. The Morgan fingerprint density at radius 1 is 1.30 bits per heavy atom. The number of amidine groups is 2. The molecule has 1 amide bonds. The normalized spacial score (nSPS) is 17.5. The average molecular weight is 458 g/mol. The molecule has 1 aromatic heterocycles. The molecule has 2 aliphatic rings. The number of hydrogen-bond donors (Lipinski definition) is 1. The first-order chi connectivity index (χ1) is 14.3. The highest BCUT2D eigenvalue weighted by molar-refractivity contribution is 8.45. The molecule has 1 aromatic carbocycles. The Labute approximate surface area is 188 Å². The third kappa shape index (κ3) is 3.53. The SMILES string of the molecule is CCSC1=NN2C(=N)C(=Cc3cc(C)n(-c4cccc(Cl)c4C)c3C)C(=O)N=C2S1. The third-order valence-corrected chi connectivity index (χ3v) is 7.29. The maximum atomic E-state index is 12.7. The van der Waals surface area contributed by atoms with Crippen molar-refractivity contribution in [3.05, 3.63) is 57.4 Å². The minimum Gasteiger partial charge on any atom is -0.318 e. The number of benzene rings is 1. The number of aromatic nitrogens is 1. The Morgan fingerprint density at radius 3 is 2.80 bits per heavy atom. The van der Waals surface area contributed by atoms with Crippen molar-refractivity contribution in [1.29, 1.82) is 5.41 Å². The van der Waals surface area contributed by atoms with Crippen LogP contribution in [0.1, 0.15) is 29.4 Å². The number of aliphatic imine (C=N–C) groups is 1. The van der Waals surface area contributed by atoms with E-state index in [2.05, 4.69) is 14.7 Å². The smallest absolute Gasteiger partial charge is 0.283 e. The standard InChI is InChI=1S/C21H20ClN5OS2/c1-5-29-21-25-27-18(23)15(19(28)24-20(27)30-21)10-14-9-11(2)26(13(14)4)17-8-6-7-16(22)12(17)3/h6-10,23H,5H2,1-4H3. The molecule has 2 aromatic rings. The van der Waals surface area contributed by atoms with Crippen LogP contribution < -0.4 is 0 Å². The van der Waals surface area contributed by atoms with E-state index in [-0.39, 0.29) is 11.4 Å². The summed E-state index contributed by atoms with van der Waals surface area (Å²) in [5.74, 6) is 0.500. The van der Waals surface area contributed by atoms with Crippen LogP contribution in [0.3, 0.4) is 0 Å². The van der Waals surface area contributed by atoms with Gasteiger partial charge in [0.1, 0.15) is 0 Å². The Bertz CT molecular complexity index is 1180. The fourth-order valence-electron chi connectivity index (χ4n) is 3.45.